The van der Waals surface area contributed by atoms with E-state index in [4.69, 9.17) is 0 Å². The molecule has 0 radical (unpaired) electrons. The van der Waals surface area contributed by atoms with Crippen LogP contribution in [-0.4, -0.2) is 16.2 Å². The van der Waals surface area contributed by atoms with Gasteiger partial charge in [-0.15, -0.1) is 0 Å². The molecular formula is C15H14BrNO3. The van der Waals surface area contributed by atoms with E-state index in [1.165, 1.54) is 12.1 Å². The molecule has 2 aromatic carbocycles. The number of aromatic hydroxyl groups is 1. The molecular weight excluding hydrogens is 322 g/mol. The lowest BCUT2D eigenvalue weighted by molar-refractivity contribution is -0.142. The van der Waals surface area contributed by atoms with Crippen molar-refractivity contribution in [2.24, 2.45) is 0 Å². The minimum Gasteiger partial charge on any atom is -0.508 e. The second-order valence-electron chi connectivity index (χ2n) is 4.61. The maximum atomic E-state index is 11.7. The van der Waals surface area contributed by atoms with Crippen LogP contribution in [0.15, 0.2) is 53.0 Å². The fraction of sp³-hybridized carbons (Fsp3) is 0.133. The minimum atomic E-state index is -1.33. The van der Waals surface area contributed by atoms with Crippen LogP contribution in [0.4, 0.5) is 5.69 Å². The lowest BCUT2D eigenvalue weighted by Crippen LogP contribution is -2.40. The molecule has 20 heavy (non-hydrogen) atoms. The van der Waals surface area contributed by atoms with E-state index < -0.39 is 11.5 Å². The monoisotopic (exact) mass is 335 g/mol. The number of nitrogens with one attached hydrogen (secondary N) is 1. The van der Waals surface area contributed by atoms with Crippen molar-refractivity contribution in [2.45, 2.75) is 12.5 Å². The van der Waals surface area contributed by atoms with E-state index in [1.54, 1.807) is 31.2 Å². The predicted molar refractivity (Wildman–Crippen MR) is 80.9 cm³/mol. The van der Waals surface area contributed by atoms with Crippen molar-refractivity contribution in [2.75, 3.05) is 5.32 Å². The van der Waals surface area contributed by atoms with Gasteiger partial charge in [0, 0.05) is 10.2 Å². The predicted octanol–water partition coefficient (Wildman–Crippen LogP) is 3.57. The van der Waals surface area contributed by atoms with Crippen LogP contribution < -0.4 is 5.32 Å². The van der Waals surface area contributed by atoms with Crippen molar-refractivity contribution in [1.82, 2.24) is 0 Å². The van der Waals surface area contributed by atoms with Crippen LogP contribution in [0.25, 0.3) is 0 Å². The summed E-state index contributed by atoms with van der Waals surface area (Å²) < 4.78 is 0.914. The van der Waals surface area contributed by atoms with Crippen molar-refractivity contribution in [3.05, 3.63) is 58.6 Å². The number of halogens is 1. The number of phenolic OH excluding ortho intramolecular Hbond substituents is 1. The Morgan fingerprint density at radius 1 is 1.20 bits per heavy atom. The molecule has 0 heterocycles. The molecule has 0 bridgehead atoms. The number of aliphatic carboxylic acids is 1. The molecule has 0 aliphatic rings. The maximum Gasteiger partial charge on any atom is 0.333 e. The van der Waals surface area contributed by atoms with E-state index in [0.29, 0.717) is 11.3 Å². The number of phenols is 1. The lowest BCUT2D eigenvalue weighted by Gasteiger charge is -2.28. The summed E-state index contributed by atoms with van der Waals surface area (Å²) in [5.41, 5.74) is -0.165. The number of anilines is 1. The molecule has 0 amide bonds. The number of hydrogen-bond donors (Lipinski definition) is 3. The smallest absolute Gasteiger partial charge is 0.333 e. The number of hydrogen-bond acceptors (Lipinski definition) is 3. The van der Waals surface area contributed by atoms with Crippen LogP contribution in [0, 0.1) is 0 Å². The number of carboxylic acids is 1. The van der Waals surface area contributed by atoms with Crippen molar-refractivity contribution in [3.63, 3.8) is 0 Å². The zero-order valence-electron chi connectivity index (χ0n) is 10.8. The highest BCUT2D eigenvalue weighted by atomic mass is 79.9. The fourth-order valence-corrected chi connectivity index (χ4v) is 2.15. The van der Waals surface area contributed by atoms with E-state index in [-0.39, 0.29) is 5.75 Å². The fourth-order valence-electron chi connectivity index (χ4n) is 1.89. The van der Waals surface area contributed by atoms with Gasteiger partial charge in [0.1, 0.15) is 5.75 Å². The first-order chi connectivity index (χ1) is 9.41. The second-order valence-corrected chi connectivity index (χ2v) is 5.53. The third-order valence-electron chi connectivity index (χ3n) is 3.09. The molecule has 0 saturated carbocycles. The minimum absolute atomic E-state index is 0.0348. The van der Waals surface area contributed by atoms with Gasteiger partial charge in [0.05, 0.1) is 0 Å². The van der Waals surface area contributed by atoms with Crippen LogP contribution in [0.3, 0.4) is 0 Å². The van der Waals surface area contributed by atoms with Gasteiger partial charge in [0.15, 0.2) is 5.54 Å². The van der Waals surface area contributed by atoms with Crippen LogP contribution in [0.5, 0.6) is 5.75 Å². The number of carboxylic acid groups (broad SMARTS) is 1. The van der Waals surface area contributed by atoms with Crippen molar-refractivity contribution < 1.29 is 15.0 Å². The molecule has 2 rings (SSSR count). The molecule has 0 aromatic heterocycles. The van der Waals surface area contributed by atoms with Gasteiger partial charge in [-0.25, -0.2) is 4.79 Å². The highest BCUT2D eigenvalue weighted by Crippen LogP contribution is 2.29. The van der Waals surface area contributed by atoms with Gasteiger partial charge in [-0.1, -0.05) is 28.1 Å². The third-order valence-corrected chi connectivity index (χ3v) is 3.62. The molecule has 1 unspecified atom stereocenters. The molecule has 5 heteroatoms. The summed E-state index contributed by atoms with van der Waals surface area (Å²) in [6.07, 6.45) is 0. The first-order valence-corrected chi connectivity index (χ1v) is 6.78. The Labute approximate surface area is 125 Å². The maximum absolute atomic E-state index is 11.7. The average Bonchev–Trinajstić information content (AvgIpc) is 2.41. The van der Waals surface area contributed by atoms with Crippen molar-refractivity contribution in [3.8, 4) is 5.75 Å². The summed E-state index contributed by atoms with van der Waals surface area (Å²) in [5, 5.41) is 22.1. The molecule has 2 aromatic rings. The summed E-state index contributed by atoms with van der Waals surface area (Å²) in [6.45, 7) is 1.56. The van der Waals surface area contributed by atoms with Crippen LogP contribution in [0.1, 0.15) is 12.5 Å². The van der Waals surface area contributed by atoms with Gasteiger partial charge < -0.3 is 15.5 Å². The molecule has 104 valence electrons. The Morgan fingerprint density at radius 2 is 1.85 bits per heavy atom. The Balaban J connectivity index is 2.39. The summed E-state index contributed by atoms with van der Waals surface area (Å²) in [4.78, 5) is 11.7. The van der Waals surface area contributed by atoms with Gasteiger partial charge in [-0.3, -0.25) is 0 Å². The topological polar surface area (TPSA) is 69.6 Å². The highest BCUT2D eigenvalue weighted by Gasteiger charge is 2.35. The van der Waals surface area contributed by atoms with Crippen LogP contribution in [-0.2, 0) is 10.3 Å². The summed E-state index contributed by atoms with van der Waals surface area (Å²) in [7, 11) is 0. The Morgan fingerprint density at radius 3 is 2.40 bits per heavy atom. The van der Waals surface area contributed by atoms with E-state index in [9.17, 15) is 15.0 Å². The second kappa shape index (κ2) is 5.54. The van der Waals surface area contributed by atoms with E-state index in [1.807, 2.05) is 12.1 Å². The van der Waals surface area contributed by atoms with E-state index in [2.05, 4.69) is 21.2 Å². The van der Waals surface area contributed by atoms with Crippen LogP contribution in [0.2, 0.25) is 0 Å². The Kier molecular flexibility index (Phi) is 3.99. The van der Waals surface area contributed by atoms with E-state index >= 15 is 0 Å². The molecule has 0 spiro atoms. The quantitative estimate of drug-likeness (QED) is 0.798. The zero-order valence-corrected chi connectivity index (χ0v) is 12.4. The first-order valence-electron chi connectivity index (χ1n) is 5.98. The largest absolute Gasteiger partial charge is 0.508 e. The number of carbonyl (C=O) groups is 1. The molecule has 3 N–H and O–H groups in total. The van der Waals surface area contributed by atoms with Gasteiger partial charge in [0.25, 0.3) is 0 Å². The molecule has 0 saturated heterocycles. The van der Waals surface area contributed by atoms with Gasteiger partial charge in [-0.05, 0) is 48.9 Å². The van der Waals surface area contributed by atoms with Gasteiger partial charge in [0.2, 0.25) is 0 Å². The van der Waals surface area contributed by atoms with Gasteiger partial charge >= 0.3 is 5.97 Å². The molecule has 1 atom stereocenters. The van der Waals surface area contributed by atoms with Gasteiger partial charge in [-0.2, -0.15) is 0 Å². The number of benzene rings is 2. The normalized spacial score (nSPS) is 13.5. The van der Waals surface area contributed by atoms with Crippen molar-refractivity contribution >= 4 is 27.6 Å². The Bertz CT molecular complexity index is 627. The third kappa shape index (κ3) is 2.93. The summed E-state index contributed by atoms with van der Waals surface area (Å²) in [6, 6.07) is 13.5. The first kappa shape index (κ1) is 14.4. The zero-order chi connectivity index (χ0) is 14.8. The van der Waals surface area contributed by atoms with Crippen molar-refractivity contribution in [1.29, 1.82) is 0 Å². The summed E-state index contributed by atoms with van der Waals surface area (Å²) >= 11 is 3.33. The molecule has 0 fully saturated rings. The average molecular weight is 336 g/mol. The van der Waals surface area contributed by atoms with E-state index in [0.717, 1.165) is 4.47 Å². The standard InChI is InChI=1S/C15H14BrNO3/c1-15(14(19)20,10-3-2-4-13(18)9-10)17-12-7-5-11(16)6-8-12/h2-9,17-18H,1H3,(H,19,20). The lowest BCUT2D eigenvalue weighted by atomic mass is 9.91. The molecule has 0 aliphatic heterocycles. The summed E-state index contributed by atoms with van der Waals surface area (Å²) in [5.74, 6) is -0.987. The molecule has 0 aliphatic carbocycles. The Hall–Kier alpha value is -2.01. The molecule has 4 nitrogen and oxygen atoms in total. The number of rotatable bonds is 4. The SMILES string of the molecule is CC(Nc1ccc(Br)cc1)(C(=O)O)c1cccc(O)c1. The van der Waals surface area contributed by atoms with Crippen LogP contribution >= 0.6 is 15.9 Å². The highest BCUT2D eigenvalue weighted by molar-refractivity contribution is 9.10.